The highest BCUT2D eigenvalue weighted by Gasteiger charge is 2.25. The fourth-order valence-corrected chi connectivity index (χ4v) is 3.45. The van der Waals surface area contributed by atoms with Crippen LogP contribution in [0.5, 0.6) is 0 Å². The summed E-state index contributed by atoms with van der Waals surface area (Å²) < 4.78 is 2.27. The van der Waals surface area contributed by atoms with Crippen molar-refractivity contribution in [1.82, 2.24) is 25.1 Å². The van der Waals surface area contributed by atoms with Crippen LogP contribution >= 0.6 is 24.0 Å². The predicted octanol–water partition coefficient (Wildman–Crippen LogP) is 1.51. The van der Waals surface area contributed by atoms with Gasteiger partial charge in [-0.1, -0.05) is 6.92 Å². The van der Waals surface area contributed by atoms with Gasteiger partial charge in [-0.3, -0.25) is 9.79 Å². The van der Waals surface area contributed by atoms with E-state index in [9.17, 15) is 4.79 Å². The molecule has 3 rings (SSSR count). The van der Waals surface area contributed by atoms with Crippen molar-refractivity contribution in [3.8, 4) is 0 Å². The van der Waals surface area contributed by atoms with Crippen molar-refractivity contribution < 1.29 is 4.79 Å². The van der Waals surface area contributed by atoms with Crippen molar-refractivity contribution in [3.63, 3.8) is 0 Å². The van der Waals surface area contributed by atoms with Gasteiger partial charge in [-0.15, -0.1) is 24.0 Å². The molecular formula is C17H29IN6O. The molecule has 140 valence electrons. The van der Waals surface area contributed by atoms with Gasteiger partial charge in [0.15, 0.2) is 5.96 Å². The first-order valence-electron chi connectivity index (χ1n) is 8.99. The number of aromatic nitrogens is 2. The van der Waals surface area contributed by atoms with Crippen LogP contribution in [0.15, 0.2) is 11.2 Å². The van der Waals surface area contributed by atoms with Gasteiger partial charge >= 0.3 is 0 Å². The Kier molecular flexibility index (Phi) is 7.52. The van der Waals surface area contributed by atoms with Gasteiger partial charge in [-0.2, -0.15) is 0 Å². The molecule has 1 aromatic rings. The van der Waals surface area contributed by atoms with Gasteiger partial charge in [-0.25, -0.2) is 4.98 Å². The molecule has 2 N–H and O–H groups in total. The highest BCUT2D eigenvalue weighted by molar-refractivity contribution is 14.0. The minimum Gasteiger partial charge on any atom is -0.352 e. The number of rotatable bonds is 4. The SMILES string of the molecule is CCC(=O)N1CCC(NC(=NC)NCc2cn3c(n2)CCCC3)C1.I. The first-order valence-corrected chi connectivity index (χ1v) is 8.99. The van der Waals surface area contributed by atoms with Crippen LogP contribution in [0.1, 0.15) is 44.1 Å². The van der Waals surface area contributed by atoms with Crippen molar-refractivity contribution in [2.75, 3.05) is 20.1 Å². The van der Waals surface area contributed by atoms with E-state index in [4.69, 9.17) is 4.98 Å². The van der Waals surface area contributed by atoms with E-state index in [0.29, 0.717) is 13.0 Å². The van der Waals surface area contributed by atoms with Crippen LogP contribution in [0.25, 0.3) is 0 Å². The Balaban J connectivity index is 0.00000225. The molecule has 0 radical (unpaired) electrons. The number of nitrogens with zero attached hydrogens (tertiary/aromatic N) is 4. The Morgan fingerprint density at radius 1 is 1.40 bits per heavy atom. The summed E-state index contributed by atoms with van der Waals surface area (Å²) in [6.07, 6.45) is 7.24. The molecule has 1 fully saturated rings. The molecule has 1 aromatic heterocycles. The number of likely N-dealkylation sites (tertiary alicyclic amines) is 1. The average Bonchev–Trinajstić information content (AvgIpc) is 3.24. The largest absolute Gasteiger partial charge is 0.352 e. The molecule has 2 aliphatic rings. The van der Waals surface area contributed by atoms with Crippen LogP contribution in [0.2, 0.25) is 0 Å². The van der Waals surface area contributed by atoms with Crippen molar-refractivity contribution in [1.29, 1.82) is 0 Å². The van der Waals surface area contributed by atoms with E-state index >= 15 is 0 Å². The van der Waals surface area contributed by atoms with E-state index in [1.54, 1.807) is 7.05 Å². The number of imidazole rings is 1. The van der Waals surface area contributed by atoms with Crippen molar-refractivity contribution in [2.24, 2.45) is 4.99 Å². The zero-order valence-electron chi connectivity index (χ0n) is 15.1. The third-order valence-electron chi connectivity index (χ3n) is 4.80. The molecule has 0 bridgehead atoms. The van der Waals surface area contributed by atoms with Crippen molar-refractivity contribution >= 4 is 35.8 Å². The summed E-state index contributed by atoms with van der Waals surface area (Å²) in [5.74, 6) is 2.20. The molecular weight excluding hydrogens is 431 g/mol. The zero-order valence-corrected chi connectivity index (χ0v) is 17.5. The number of carbonyl (C=O) groups is 1. The van der Waals surface area contributed by atoms with Gasteiger partial charge < -0.3 is 20.1 Å². The average molecular weight is 460 g/mol. The first-order chi connectivity index (χ1) is 11.7. The molecule has 1 amide bonds. The van der Waals surface area contributed by atoms with Crippen molar-refractivity contribution in [2.45, 2.75) is 58.2 Å². The monoisotopic (exact) mass is 460 g/mol. The lowest BCUT2D eigenvalue weighted by Crippen LogP contribution is -2.44. The van der Waals surface area contributed by atoms with E-state index in [1.807, 2.05) is 11.8 Å². The number of aryl methyl sites for hydroxylation is 2. The van der Waals surface area contributed by atoms with Crippen LogP contribution in [0.3, 0.4) is 0 Å². The Bertz CT molecular complexity index is 591. The highest BCUT2D eigenvalue weighted by Crippen LogP contribution is 2.14. The highest BCUT2D eigenvalue weighted by atomic mass is 127. The third kappa shape index (κ3) is 5.08. The van der Waals surface area contributed by atoms with Gasteiger partial charge in [-0.05, 0) is 19.3 Å². The number of nitrogens with one attached hydrogen (secondary N) is 2. The number of hydrogen-bond acceptors (Lipinski definition) is 3. The van der Waals surface area contributed by atoms with Crippen molar-refractivity contribution in [3.05, 3.63) is 17.7 Å². The minimum absolute atomic E-state index is 0. The molecule has 0 aliphatic carbocycles. The molecule has 2 aliphatic heterocycles. The summed E-state index contributed by atoms with van der Waals surface area (Å²) in [5.41, 5.74) is 1.06. The topological polar surface area (TPSA) is 74.6 Å². The van der Waals surface area contributed by atoms with E-state index in [2.05, 4.69) is 26.4 Å². The molecule has 1 unspecified atom stereocenters. The lowest BCUT2D eigenvalue weighted by atomic mass is 10.2. The maximum atomic E-state index is 11.8. The molecule has 0 spiro atoms. The second-order valence-electron chi connectivity index (χ2n) is 6.55. The summed E-state index contributed by atoms with van der Waals surface area (Å²) >= 11 is 0. The lowest BCUT2D eigenvalue weighted by Gasteiger charge is -2.18. The number of guanidine groups is 1. The molecule has 7 nitrogen and oxygen atoms in total. The van der Waals surface area contributed by atoms with E-state index in [-0.39, 0.29) is 35.9 Å². The fourth-order valence-electron chi connectivity index (χ4n) is 3.45. The van der Waals surface area contributed by atoms with Gasteiger partial charge in [0.25, 0.3) is 0 Å². The number of hydrogen-bond donors (Lipinski definition) is 2. The Morgan fingerprint density at radius 2 is 2.24 bits per heavy atom. The molecule has 3 heterocycles. The third-order valence-corrected chi connectivity index (χ3v) is 4.80. The maximum Gasteiger partial charge on any atom is 0.222 e. The number of carbonyl (C=O) groups excluding carboxylic acids is 1. The zero-order chi connectivity index (χ0) is 16.9. The summed E-state index contributed by atoms with van der Waals surface area (Å²) in [7, 11) is 1.78. The van der Waals surface area contributed by atoms with Crippen LogP contribution in [-0.2, 0) is 24.3 Å². The standard InChI is InChI=1S/C17H28N6O.HI/c1-3-16(24)23-9-7-13(11-23)21-17(18-2)19-10-14-12-22-8-5-4-6-15(22)20-14;/h12-13H,3-11H2,1-2H3,(H2,18,19,21);1H. The smallest absolute Gasteiger partial charge is 0.222 e. The molecule has 1 atom stereocenters. The Hall–Kier alpha value is -1.32. The molecule has 0 aromatic carbocycles. The summed E-state index contributed by atoms with van der Waals surface area (Å²) in [5, 5.41) is 6.76. The molecule has 25 heavy (non-hydrogen) atoms. The Labute approximate surface area is 166 Å². The van der Waals surface area contributed by atoms with Crippen LogP contribution in [0.4, 0.5) is 0 Å². The predicted molar refractivity (Wildman–Crippen MR) is 109 cm³/mol. The summed E-state index contributed by atoms with van der Waals surface area (Å²) in [6.45, 7) is 5.25. The van der Waals surface area contributed by atoms with Gasteiger partial charge in [0.2, 0.25) is 5.91 Å². The van der Waals surface area contributed by atoms with Crippen LogP contribution in [0, 0.1) is 0 Å². The first kappa shape index (κ1) is 20.0. The molecule has 8 heteroatoms. The number of amides is 1. The van der Waals surface area contributed by atoms with Crippen LogP contribution < -0.4 is 10.6 Å². The maximum absolute atomic E-state index is 11.8. The molecule has 0 saturated carbocycles. The quantitative estimate of drug-likeness (QED) is 0.406. The second-order valence-corrected chi connectivity index (χ2v) is 6.55. The summed E-state index contributed by atoms with van der Waals surface area (Å²) in [6, 6.07) is 0.266. The van der Waals surface area contributed by atoms with Gasteiger partial charge in [0.05, 0.1) is 12.2 Å². The van der Waals surface area contributed by atoms with E-state index < -0.39 is 0 Å². The van der Waals surface area contributed by atoms with E-state index in [0.717, 1.165) is 44.1 Å². The summed E-state index contributed by atoms with van der Waals surface area (Å²) in [4.78, 5) is 22.7. The Morgan fingerprint density at radius 3 is 2.96 bits per heavy atom. The number of halogens is 1. The van der Waals surface area contributed by atoms with Crippen LogP contribution in [-0.4, -0.2) is 52.5 Å². The second kappa shape index (κ2) is 9.40. The normalized spacial score (nSPS) is 20.0. The minimum atomic E-state index is 0. The van der Waals surface area contributed by atoms with E-state index in [1.165, 1.54) is 18.7 Å². The number of aliphatic imine (C=N–C) groups is 1. The molecule has 1 saturated heterocycles. The fraction of sp³-hybridized carbons (Fsp3) is 0.706. The number of fused-ring (bicyclic) bond motifs is 1. The van der Waals surface area contributed by atoms with Gasteiger partial charge in [0.1, 0.15) is 5.82 Å². The van der Waals surface area contributed by atoms with Gasteiger partial charge in [0, 0.05) is 51.8 Å². The lowest BCUT2D eigenvalue weighted by molar-refractivity contribution is -0.129.